The minimum absolute atomic E-state index is 0.380. The molecule has 1 aliphatic heterocycles. The number of allylic oxidation sites excluding steroid dienone is 1. The number of benzene rings is 2. The summed E-state index contributed by atoms with van der Waals surface area (Å²) < 4.78 is 12.7. The molecule has 6 heteroatoms. The summed E-state index contributed by atoms with van der Waals surface area (Å²) in [6, 6.07) is 15.1. The Morgan fingerprint density at radius 3 is 2.62 bits per heavy atom. The van der Waals surface area contributed by atoms with Crippen LogP contribution >= 0.6 is 0 Å². The fraction of sp³-hybridized carbons (Fsp3) is 0.200. The van der Waals surface area contributed by atoms with Gasteiger partial charge in [-0.15, -0.1) is 0 Å². The average Bonchev–Trinajstić information content (AvgIpc) is 3.04. The van der Waals surface area contributed by atoms with Crippen LogP contribution in [0, 0.1) is 0 Å². The number of aromatic nitrogens is 2. The SMILES string of the molecule is COC(=O)C1=C(C)Nc2nc3ccccc3n2[C@@H]1c1ccccc1OC. The van der Waals surface area contributed by atoms with Crippen LogP contribution in [0.5, 0.6) is 5.75 Å². The molecular formula is C20H19N3O3. The molecule has 3 aromatic rings. The van der Waals surface area contributed by atoms with E-state index in [4.69, 9.17) is 9.47 Å². The highest BCUT2D eigenvalue weighted by Crippen LogP contribution is 2.42. The van der Waals surface area contributed by atoms with Crippen molar-refractivity contribution in [2.24, 2.45) is 0 Å². The standard InChI is InChI=1S/C20H19N3O3/c1-12-17(19(24)26-3)18(13-8-4-7-11-16(13)25-2)23-15-10-6-5-9-14(15)22-20(23)21-12/h4-11,18H,1-3H3,(H,21,22)/t18-/m1/s1. The van der Waals surface area contributed by atoms with Gasteiger partial charge in [-0.05, 0) is 25.1 Å². The average molecular weight is 349 g/mol. The molecule has 2 heterocycles. The first-order valence-electron chi connectivity index (χ1n) is 8.31. The molecule has 1 atom stereocenters. The molecule has 1 aliphatic rings. The number of imidazole rings is 1. The van der Waals surface area contributed by atoms with E-state index in [9.17, 15) is 4.79 Å². The topological polar surface area (TPSA) is 65.4 Å². The molecule has 0 saturated heterocycles. The van der Waals surface area contributed by atoms with Crippen molar-refractivity contribution in [3.63, 3.8) is 0 Å². The fourth-order valence-corrected chi connectivity index (χ4v) is 3.52. The molecule has 0 amide bonds. The first-order chi connectivity index (χ1) is 12.7. The Balaban J connectivity index is 2.05. The molecular weight excluding hydrogens is 330 g/mol. The Hall–Kier alpha value is -3.28. The zero-order valence-electron chi connectivity index (χ0n) is 14.8. The van der Waals surface area contributed by atoms with Crippen molar-refractivity contribution in [3.8, 4) is 5.75 Å². The van der Waals surface area contributed by atoms with Crippen LogP contribution in [0.3, 0.4) is 0 Å². The summed E-state index contributed by atoms with van der Waals surface area (Å²) in [5, 5.41) is 3.24. The molecule has 1 N–H and O–H groups in total. The van der Waals surface area contributed by atoms with Crippen molar-refractivity contribution in [3.05, 3.63) is 65.4 Å². The summed E-state index contributed by atoms with van der Waals surface area (Å²) in [5.41, 5.74) is 3.91. The van der Waals surface area contributed by atoms with Gasteiger partial charge in [0.1, 0.15) is 5.75 Å². The Bertz CT molecular complexity index is 1040. The first-order valence-corrected chi connectivity index (χ1v) is 8.31. The lowest BCUT2D eigenvalue weighted by atomic mass is 9.94. The van der Waals surface area contributed by atoms with Gasteiger partial charge in [-0.1, -0.05) is 30.3 Å². The number of methoxy groups -OCH3 is 2. The molecule has 0 aliphatic carbocycles. The molecule has 6 nitrogen and oxygen atoms in total. The predicted molar refractivity (Wildman–Crippen MR) is 99.2 cm³/mol. The Morgan fingerprint density at radius 2 is 1.85 bits per heavy atom. The van der Waals surface area contributed by atoms with E-state index in [0.29, 0.717) is 17.3 Å². The maximum absolute atomic E-state index is 12.6. The van der Waals surface area contributed by atoms with Gasteiger partial charge < -0.3 is 14.8 Å². The summed E-state index contributed by atoms with van der Waals surface area (Å²) in [6.07, 6.45) is 0. The number of nitrogens with zero attached hydrogens (tertiary/aromatic N) is 2. The van der Waals surface area contributed by atoms with Crippen molar-refractivity contribution in [2.75, 3.05) is 19.5 Å². The zero-order valence-corrected chi connectivity index (χ0v) is 14.8. The molecule has 0 bridgehead atoms. The van der Waals surface area contributed by atoms with Crippen molar-refractivity contribution in [1.82, 2.24) is 9.55 Å². The van der Waals surface area contributed by atoms with E-state index in [1.165, 1.54) is 7.11 Å². The number of ether oxygens (including phenoxy) is 2. The van der Waals surface area contributed by atoms with Gasteiger partial charge in [0.05, 0.1) is 36.9 Å². The second-order valence-electron chi connectivity index (χ2n) is 6.09. The van der Waals surface area contributed by atoms with Crippen LogP contribution in [0.25, 0.3) is 11.0 Å². The molecule has 2 aromatic carbocycles. The molecule has 0 radical (unpaired) electrons. The molecule has 26 heavy (non-hydrogen) atoms. The highest BCUT2D eigenvalue weighted by atomic mass is 16.5. The quantitative estimate of drug-likeness (QED) is 0.733. The monoisotopic (exact) mass is 349 g/mol. The third-order valence-corrected chi connectivity index (χ3v) is 4.67. The highest BCUT2D eigenvalue weighted by molar-refractivity contribution is 5.94. The van der Waals surface area contributed by atoms with Gasteiger partial charge >= 0.3 is 5.97 Å². The van der Waals surface area contributed by atoms with Crippen LogP contribution in [0.2, 0.25) is 0 Å². The van der Waals surface area contributed by atoms with Crippen LogP contribution in [-0.4, -0.2) is 29.7 Å². The molecule has 0 saturated carbocycles. The third kappa shape index (κ3) is 2.34. The van der Waals surface area contributed by atoms with Crippen LogP contribution in [0.4, 0.5) is 5.95 Å². The van der Waals surface area contributed by atoms with Gasteiger partial charge in [-0.3, -0.25) is 4.57 Å². The minimum atomic E-state index is -0.401. The number of carbonyl (C=O) groups is 1. The maximum Gasteiger partial charge on any atom is 0.337 e. The Morgan fingerprint density at radius 1 is 1.12 bits per heavy atom. The second kappa shape index (κ2) is 6.22. The molecule has 1 aromatic heterocycles. The Labute approximate surface area is 151 Å². The number of rotatable bonds is 3. The summed E-state index contributed by atoms with van der Waals surface area (Å²) in [5.74, 6) is 1.01. The summed E-state index contributed by atoms with van der Waals surface area (Å²) in [4.78, 5) is 17.3. The number of para-hydroxylation sites is 3. The second-order valence-corrected chi connectivity index (χ2v) is 6.09. The lowest BCUT2D eigenvalue weighted by Crippen LogP contribution is -2.28. The predicted octanol–water partition coefficient (Wildman–Crippen LogP) is 3.51. The van der Waals surface area contributed by atoms with Crippen molar-refractivity contribution in [2.45, 2.75) is 13.0 Å². The van der Waals surface area contributed by atoms with Gasteiger partial charge in [0.2, 0.25) is 5.95 Å². The van der Waals surface area contributed by atoms with E-state index in [1.54, 1.807) is 7.11 Å². The van der Waals surface area contributed by atoms with E-state index in [2.05, 4.69) is 10.3 Å². The molecule has 0 fully saturated rings. The third-order valence-electron chi connectivity index (χ3n) is 4.67. The van der Waals surface area contributed by atoms with Crippen molar-refractivity contribution in [1.29, 1.82) is 0 Å². The zero-order chi connectivity index (χ0) is 18.3. The number of fused-ring (bicyclic) bond motifs is 3. The maximum atomic E-state index is 12.6. The lowest BCUT2D eigenvalue weighted by Gasteiger charge is -2.30. The summed E-state index contributed by atoms with van der Waals surface area (Å²) in [7, 11) is 3.02. The first kappa shape index (κ1) is 16.2. The van der Waals surface area contributed by atoms with Gasteiger partial charge in [0.15, 0.2) is 0 Å². The summed E-state index contributed by atoms with van der Waals surface area (Å²) in [6.45, 7) is 1.86. The number of hydrogen-bond donors (Lipinski definition) is 1. The van der Waals surface area contributed by atoms with Gasteiger partial charge in [0.25, 0.3) is 0 Å². The van der Waals surface area contributed by atoms with Crippen LogP contribution in [0.15, 0.2) is 59.8 Å². The van der Waals surface area contributed by atoms with Crippen molar-refractivity contribution >= 4 is 23.0 Å². The van der Waals surface area contributed by atoms with E-state index in [1.807, 2.05) is 60.0 Å². The van der Waals surface area contributed by atoms with Crippen LogP contribution in [0.1, 0.15) is 18.5 Å². The number of hydrogen-bond acceptors (Lipinski definition) is 5. The smallest absolute Gasteiger partial charge is 0.337 e. The highest BCUT2D eigenvalue weighted by Gasteiger charge is 2.36. The molecule has 4 rings (SSSR count). The Kier molecular flexibility index (Phi) is 3.88. The van der Waals surface area contributed by atoms with E-state index >= 15 is 0 Å². The molecule has 0 spiro atoms. The summed E-state index contributed by atoms with van der Waals surface area (Å²) >= 11 is 0. The van der Waals surface area contributed by atoms with E-state index in [-0.39, 0.29) is 5.97 Å². The van der Waals surface area contributed by atoms with E-state index < -0.39 is 6.04 Å². The fourth-order valence-electron chi connectivity index (χ4n) is 3.52. The minimum Gasteiger partial charge on any atom is -0.496 e. The van der Waals surface area contributed by atoms with Crippen LogP contribution in [-0.2, 0) is 9.53 Å². The largest absolute Gasteiger partial charge is 0.496 e. The van der Waals surface area contributed by atoms with Gasteiger partial charge in [-0.25, -0.2) is 9.78 Å². The van der Waals surface area contributed by atoms with Gasteiger partial charge in [-0.2, -0.15) is 0 Å². The van der Waals surface area contributed by atoms with E-state index in [0.717, 1.165) is 22.3 Å². The molecule has 132 valence electrons. The number of anilines is 1. The normalized spacial score (nSPS) is 16.2. The van der Waals surface area contributed by atoms with Crippen LogP contribution < -0.4 is 10.1 Å². The number of nitrogens with one attached hydrogen (secondary N) is 1. The number of esters is 1. The van der Waals surface area contributed by atoms with Gasteiger partial charge in [0, 0.05) is 11.3 Å². The number of carbonyl (C=O) groups excluding carboxylic acids is 1. The lowest BCUT2D eigenvalue weighted by molar-refractivity contribution is -0.136. The van der Waals surface area contributed by atoms with Crippen molar-refractivity contribution < 1.29 is 14.3 Å². The molecule has 0 unspecified atom stereocenters.